The highest BCUT2D eigenvalue weighted by Crippen LogP contribution is 2.20. The number of benzene rings is 2. The summed E-state index contributed by atoms with van der Waals surface area (Å²) in [6.45, 7) is 4.28. The highest BCUT2D eigenvalue weighted by atomic mass is 16.5. The first-order chi connectivity index (χ1) is 14.1. The van der Waals surface area contributed by atoms with E-state index in [1.165, 1.54) is 0 Å². The number of aromatic nitrogens is 1. The van der Waals surface area contributed by atoms with Gasteiger partial charge in [0.1, 0.15) is 12.3 Å². The molecule has 0 saturated carbocycles. The van der Waals surface area contributed by atoms with Crippen LogP contribution < -0.4 is 5.32 Å². The Kier molecular flexibility index (Phi) is 6.79. The zero-order chi connectivity index (χ0) is 20.6. The van der Waals surface area contributed by atoms with Gasteiger partial charge < -0.3 is 14.7 Å². The summed E-state index contributed by atoms with van der Waals surface area (Å²) >= 11 is 0. The molecule has 0 spiro atoms. The van der Waals surface area contributed by atoms with Gasteiger partial charge in [0, 0.05) is 18.2 Å². The lowest BCUT2D eigenvalue weighted by Crippen LogP contribution is -2.38. The number of nitrogens with one attached hydrogen (secondary N) is 1. The molecule has 0 unspecified atom stereocenters. The van der Waals surface area contributed by atoms with Crippen molar-refractivity contribution in [1.29, 1.82) is 0 Å². The van der Waals surface area contributed by atoms with Gasteiger partial charge in [-0.05, 0) is 36.6 Å². The van der Waals surface area contributed by atoms with Crippen LogP contribution in [0, 0.1) is 6.92 Å². The standard InChI is InChI=1S/C23H25N3O3/c1-3-4-14-26(16-22(27)24-21-15-17(2)29-25-21)23(28)20-12-10-19(11-13-20)18-8-6-5-7-9-18/h5-13,15H,3-4,14,16H2,1-2H3,(H,24,25,27). The first-order valence-electron chi connectivity index (χ1n) is 9.74. The lowest BCUT2D eigenvalue weighted by molar-refractivity contribution is -0.117. The minimum atomic E-state index is -0.302. The highest BCUT2D eigenvalue weighted by molar-refractivity contribution is 5.99. The quantitative estimate of drug-likeness (QED) is 0.612. The molecule has 0 saturated heterocycles. The van der Waals surface area contributed by atoms with Crippen LogP contribution >= 0.6 is 0 Å². The normalized spacial score (nSPS) is 10.6. The molecule has 6 heteroatoms. The lowest BCUT2D eigenvalue weighted by Gasteiger charge is -2.22. The summed E-state index contributed by atoms with van der Waals surface area (Å²) in [5.41, 5.74) is 2.70. The van der Waals surface area contributed by atoms with E-state index in [0.717, 1.165) is 24.0 Å². The second-order valence-corrected chi connectivity index (χ2v) is 6.89. The van der Waals surface area contributed by atoms with Crippen LogP contribution in [0.25, 0.3) is 11.1 Å². The fourth-order valence-corrected chi connectivity index (χ4v) is 3.00. The Morgan fingerprint density at radius 3 is 2.34 bits per heavy atom. The Morgan fingerprint density at radius 2 is 1.72 bits per heavy atom. The maximum absolute atomic E-state index is 13.0. The van der Waals surface area contributed by atoms with Crippen LogP contribution in [0.15, 0.2) is 65.2 Å². The fourth-order valence-electron chi connectivity index (χ4n) is 3.00. The maximum atomic E-state index is 13.0. The number of carbonyl (C=O) groups is 2. The molecule has 2 aromatic carbocycles. The monoisotopic (exact) mass is 391 g/mol. The van der Waals surface area contributed by atoms with Gasteiger partial charge in [-0.15, -0.1) is 0 Å². The molecule has 0 bridgehead atoms. The summed E-state index contributed by atoms with van der Waals surface area (Å²) in [5.74, 6) is 0.494. The molecule has 3 aromatic rings. The third-order valence-electron chi connectivity index (χ3n) is 4.54. The van der Waals surface area contributed by atoms with E-state index < -0.39 is 0 Å². The Labute approximate surface area is 170 Å². The topological polar surface area (TPSA) is 75.4 Å². The third-order valence-corrected chi connectivity index (χ3v) is 4.54. The summed E-state index contributed by atoms with van der Waals surface area (Å²) in [7, 11) is 0. The largest absolute Gasteiger partial charge is 0.360 e. The summed E-state index contributed by atoms with van der Waals surface area (Å²) in [6.07, 6.45) is 1.75. The zero-order valence-electron chi connectivity index (χ0n) is 16.7. The van der Waals surface area contributed by atoms with Crippen LogP contribution in [0.3, 0.4) is 0 Å². The molecule has 0 aliphatic carbocycles. The van der Waals surface area contributed by atoms with Crippen molar-refractivity contribution in [2.75, 3.05) is 18.4 Å². The lowest BCUT2D eigenvalue weighted by atomic mass is 10.0. The van der Waals surface area contributed by atoms with Crippen molar-refractivity contribution in [3.8, 4) is 11.1 Å². The number of amides is 2. The minimum absolute atomic E-state index is 0.0365. The molecule has 0 fully saturated rings. The SMILES string of the molecule is CCCCN(CC(=O)Nc1cc(C)on1)C(=O)c1ccc(-c2ccccc2)cc1. The van der Waals surface area contributed by atoms with Crippen LogP contribution in [-0.2, 0) is 4.79 Å². The van der Waals surface area contributed by atoms with Crippen LogP contribution in [0.2, 0.25) is 0 Å². The number of hydrogen-bond donors (Lipinski definition) is 1. The first-order valence-corrected chi connectivity index (χ1v) is 9.74. The predicted octanol–water partition coefficient (Wildman–Crippen LogP) is 4.53. The van der Waals surface area contributed by atoms with Gasteiger partial charge in [0.25, 0.3) is 5.91 Å². The van der Waals surface area contributed by atoms with Crippen molar-refractivity contribution in [1.82, 2.24) is 10.1 Å². The average Bonchev–Trinajstić information content (AvgIpc) is 3.15. The number of anilines is 1. The van der Waals surface area contributed by atoms with Gasteiger partial charge in [0.2, 0.25) is 5.91 Å². The van der Waals surface area contributed by atoms with Crippen LogP contribution in [0.4, 0.5) is 5.82 Å². The first kappa shape index (κ1) is 20.3. The molecule has 1 heterocycles. The Balaban J connectivity index is 1.70. The van der Waals surface area contributed by atoms with E-state index in [0.29, 0.717) is 23.7 Å². The van der Waals surface area contributed by atoms with Crippen molar-refractivity contribution in [3.63, 3.8) is 0 Å². The van der Waals surface area contributed by atoms with Crippen molar-refractivity contribution in [2.45, 2.75) is 26.7 Å². The molecule has 1 N–H and O–H groups in total. The van der Waals surface area contributed by atoms with Gasteiger partial charge in [0.15, 0.2) is 5.82 Å². The molecule has 0 atom stereocenters. The van der Waals surface area contributed by atoms with Crippen LogP contribution in [-0.4, -0.2) is 35.0 Å². The Morgan fingerprint density at radius 1 is 1.03 bits per heavy atom. The Hall–Kier alpha value is -3.41. The van der Waals surface area contributed by atoms with Gasteiger partial charge in [-0.25, -0.2) is 0 Å². The van der Waals surface area contributed by atoms with E-state index in [2.05, 4.69) is 17.4 Å². The van der Waals surface area contributed by atoms with E-state index in [9.17, 15) is 9.59 Å². The molecule has 1 aromatic heterocycles. The van der Waals surface area contributed by atoms with E-state index in [-0.39, 0.29) is 18.4 Å². The minimum Gasteiger partial charge on any atom is -0.360 e. The molecule has 3 rings (SSSR count). The average molecular weight is 391 g/mol. The van der Waals surface area contributed by atoms with E-state index in [1.807, 2.05) is 54.6 Å². The zero-order valence-corrected chi connectivity index (χ0v) is 16.7. The fraction of sp³-hybridized carbons (Fsp3) is 0.261. The number of hydrogen-bond acceptors (Lipinski definition) is 4. The van der Waals surface area contributed by atoms with E-state index in [4.69, 9.17) is 4.52 Å². The van der Waals surface area contributed by atoms with Crippen molar-refractivity contribution in [2.24, 2.45) is 0 Å². The summed E-state index contributed by atoms with van der Waals surface area (Å²) in [5, 5.41) is 6.43. The molecule has 29 heavy (non-hydrogen) atoms. The third kappa shape index (κ3) is 5.54. The second-order valence-electron chi connectivity index (χ2n) is 6.89. The molecule has 6 nitrogen and oxygen atoms in total. The molecule has 0 aliphatic heterocycles. The molecule has 0 radical (unpaired) electrons. The predicted molar refractivity (Wildman–Crippen MR) is 113 cm³/mol. The van der Waals surface area contributed by atoms with Crippen LogP contribution in [0.5, 0.6) is 0 Å². The number of carbonyl (C=O) groups excluding carboxylic acids is 2. The number of nitrogens with zero attached hydrogens (tertiary/aromatic N) is 2. The van der Waals surface area contributed by atoms with Crippen molar-refractivity contribution in [3.05, 3.63) is 72.0 Å². The second kappa shape index (κ2) is 9.68. The smallest absolute Gasteiger partial charge is 0.254 e. The molecular weight excluding hydrogens is 366 g/mol. The van der Waals surface area contributed by atoms with Crippen LogP contribution in [0.1, 0.15) is 35.9 Å². The van der Waals surface area contributed by atoms with Gasteiger partial charge in [-0.2, -0.15) is 0 Å². The van der Waals surface area contributed by atoms with Gasteiger partial charge in [0.05, 0.1) is 0 Å². The summed E-state index contributed by atoms with van der Waals surface area (Å²) in [4.78, 5) is 27.0. The van der Waals surface area contributed by atoms with Crippen molar-refractivity contribution < 1.29 is 14.1 Å². The Bertz CT molecular complexity index is 949. The number of aryl methyl sites for hydroxylation is 1. The number of unbranched alkanes of at least 4 members (excludes halogenated alkanes) is 1. The van der Waals surface area contributed by atoms with Gasteiger partial charge in [-0.3, -0.25) is 9.59 Å². The van der Waals surface area contributed by atoms with E-state index >= 15 is 0 Å². The summed E-state index contributed by atoms with van der Waals surface area (Å²) < 4.78 is 4.95. The molecular formula is C23H25N3O3. The molecule has 2 amide bonds. The number of rotatable bonds is 8. The molecule has 150 valence electrons. The van der Waals surface area contributed by atoms with E-state index in [1.54, 1.807) is 17.9 Å². The van der Waals surface area contributed by atoms with Gasteiger partial charge in [-0.1, -0.05) is 61.0 Å². The summed E-state index contributed by atoms with van der Waals surface area (Å²) in [6, 6.07) is 19.1. The maximum Gasteiger partial charge on any atom is 0.254 e. The van der Waals surface area contributed by atoms with Crippen molar-refractivity contribution >= 4 is 17.6 Å². The molecule has 0 aliphatic rings. The highest BCUT2D eigenvalue weighted by Gasteiger charge is 2.19. The van der Waals surface area contributed by atoms with Gasteiger partial charge >= 0.3 is 0 Å².